The predicted molar refractivity (Wildman–Crippen MR) is 112 cm³/mol. The van der Waals surface area contributed by atoms with E-state index in [-0.39, 0.29) is 17.9 Å². The molecule has 0 saturated carbocycles. The van der Waals surface area contributed by atoms with E-state index in [1.54, 1.807) is 14.2 Å². The molecule has 0 fully saturated rings. The van der Waals surface area contributed by atoms with Crippen molar-refractivity contribution in [2.24, 2.45) is 11.1 Å². The van der Waals surface area contributed by atoms with Crippen molar-refractivity contribution >= 4 is 11.6 Å². The Morgan fingerprint density at radius 1 is 1.14 bits per heavy atom. The molecule has 0 N–H and O–H groups in total. The van der Waals surface area contributed by atoms with Crippen LogP contribution < -0.4 is 9.47 Å². The lowest BCUT2D eigenvalue weighted by Crippen LogP contribution is -2.39. The van der Waals surface area contributed by atoms with Crippen molar-refractivity contribution < 1.29 is 19.1 Å². The van der Waals surface area contributed by atoms with Crippen LogP contribution in [0.25, 0.3) is 0 Å². The topological polar surface area (TPSA) is 60.4 Å². The van der Waals surface area contributed by atoms with Gasteiger partial charge in [-0.05, 0) is 23.8 Å². The van der Waals surface area contributed by atoms with Crippen LogP contribution in [0.5, 0.6) is 11.5 Å². The Bertz CT molecular complexity index is 864. The third-order valence-electron chi connectivity index (χ3n) is 4.90. The Morgan fingerprint density at radius 3 is 2.52 bits per heavy atom. The molecular weight excluding hydrogens is 368 g/mol. The first kappa shape index (κ1) is 20.7. The monoisotopic (exact) mass is 396 g/mol. The van der Waals surface area contributed by atoms with Crippen LogP contribution in [-0.4, -0.2) is 43.4 Å². The maximum atomic E-state index is 12.7. The second-order valence-electron chi connectivity index (χ2n) is 7.40. The van der Waals surface area contributed by atoms with Gasteiger partial charge in [-0.25, -0.2) is 0 Å². The third kappa shape index (κ3) is 5.08. The average molecular weight is 396 g/mol. The van der Waals surface area contributed by atoms with Crippen LogP contribution in [0.4, 0.5) is 0 Å². The van der Waals surface area contributed by atoms with Gasteiger partial charge in [-0.2, -0.15) is 0 Å². The van der Waals surface area contributed by atoms with Crippen LogP contribution in [-0.2, 0) is 16.2 Å². The first-order chi connectivity index (χ1) is 14.0. The zero-order valence-electron chi connectivity index (χ0n) is 17.4. The van der Waals surface area contributed by atoms with Crippen molar-refractivity contribution in [3.8, 4) is 11.5 Å². The molecule has 1 amide bonds. The van der Waals surface area contributed by atoms with Crippen LogP contribution in [0.1, 0.15) is 31.4 Å². The SMILES string of the molecule is COc1ccc(C2=NO[C@@H](CN(Cc3ccccc3)C(=O)C(C)C)C2)cc1OC. The van der Waals surface area contributed by atoms with Gasteiger partial charge in [0.2, 0.25) is 5.91 Å². The van der Waals surface area contributed by atoms with Crippen molar-refractivity contribution in [1.82, 2.24) is 4.90 Å². The van der Waals surface area contributed by atoms with Gasteiger partial charge in [0.1, 0.15) is 0 Å². The largest absolute Gasteiger partial charge is 0.493 e. The number of rotatable bonds is 8. The normalized spacial score (nSPS) is 15.6. The molecule has 0 saturated heterocycles. The van der Waals surface area contributed by atoms with Crippen molar-refractivity contribution in [3.63, 3.8) is 0 Å². The quantitative estimate of drug-likeness (QED) is 0.679. The average Bonchev–Trinajstić information content (AvgIpc) is 3.21. The zero-order valence-corrected chi connectivity index (χ0v) is 17.4. The molecular formula is C23H28N2O4. The van der Waals surface area contributed by atoms with E-state index in [2.05, 4.69) is 5.16 Å². The van der Waals surface area contributed by atoms with E-state index in [4.69, 9.17) is 14.3 Å². The number of carbonyl (C=O) groups is 1. The summed E-state index contributed by atoms with van der Waals surface area (Å²) in [6.07, 6.45) is 0.455. The Labute approximate surface area is 172 Å². The second-order valence-corrected chi connectivity index (χ2v) is 7.40. The molecule has 1 heterocycles. The van der Waals surface area contributed by atoms with E-state index in [9.17, 15) is 4.79 Å². The molecule has 0 unspecified atom stereocenters. The van der Waals surface area contributed by atoms with Gasteiger partial charge in [-0.1, -0.05) is 49.3 Å². The van der Waals surface area contributed by atoms with E-state index in [0.29, 0.717) is 31.0 Å². The highest BCUT2D eigenvalue weighted by molar-refractivity contribution is 6.01. The van der Waals surface area contributed by atoms with Gasteiger partial charge in [-0.15, -0.1) is 0 Å². The molecule has 154 valence electrons. The molecule has 6 heteroatoms. The zero-order chi connectivity index (χ0) is 20.8. The predicted octanol–water partition coefficient (Wildman–Crippen LogP) is 3.88. The van der Waals surface area contributed by atoms with E-state index in [1.807, 2.05) is 67.3 Å². The Morgan fingerprint density at radius 2 is 1.86 bits per heavy atom. The molecule has 6 nitrogen and oxygen atoms in total. The molecule has 0 radical (unpaired) electrons. The van der Waals surface area contributed by atoms with Gasteiger partial charge in [0, 0.05) is 24.4 Å². The number of nitrogens with zero attached hydrogens (tertiary/aromatic N) is 2. The summed E-state index contributed by atoms with van der Waals surface area (Å²) < 4.78 is 10.7. The summed E-state index contributed by atoms with van der Waals surface area (Å²) in [7, 11) is 3.22. The Kier molecular flexibility index (Phi) is 6.75. The fourth-order valence-corrected chi connectivity index (χ4v) is 3.36. The molecule has 3 rings (SSSR count). The van der Waals surface area contributed by atoms with Gasteiger partial charge in [-0.3, -0.25) is 4.79 Å². The van der Waals surface area contributed by atoms with Crippen molar-refractivity contribution in [2.75, 3.05) is 20.8 Å². The maximum absolute atomic E-state index is 12.7. The Hall–Kier alpha value is -3.02. The van der Waals surface area contributed by atoms with E-state index >= 15 is 0 Å². The number of carbonyl (C=O) groups excluding carboxylic acids is 1. The summed E-state index contributed by atoms with van der Waals surface area (Å²) in [5.41, 5.74) is 2.86. The fraction of sp³-hybridized carbons (Fsp3) is 0.391. The number of methoxy groups -OCH3 is 2. The first-order valence-corrected chi connectivity index (χ1v) is 9.79. The first-order valence-electron chi connectivity index (χ1n) is 9.79. The number of oxime groups is 1. The van der Waals surface area contributed by atoms with Gasteiger partial charge < -0.3 is 19.2 Å². The highest BCUT2D eigenvalue weighted by Gasteiger charge is 2.28. The van der Waals surface area contributed by atoms with Crippen LogP contribution in [0, 0.1) is 5.92 Å². The van der Waals surface area contributed by atoms with Gasteiger partial charge in [0.25, 0.3) is 0 Å². The summed E-state index contributed by atoms with van der Waals surface area (Å²) in [5, 5.41) is 4.26. The fourth-order valence-electron chi connectivity index (χ4n) is 3.36. The molecule has 2 aromatic rings. The van der Waals surface area contributed by atoms with Gasteiger partial charge in [0.05, 0.1) is 26.5 Å². The van der Waals surface area contributed by atoms with Crippen LogP contribution in [0.3, 0.4) is 0 Å². The lowest BCUT2D eigenvalue weighted by atomic mass is 10.0. The molecule has 1 atom stereocenters. The molecule has 2 aromatic carbocycles. The van der Waals surface area contributed by atoms with E-state index in [0.717, 1.165) is 16.8 Å². The number of amides is 1. The van der Waals surface area contributed by atoms with Crippen molar-refractivity contribution in [3.05, 3.63) is 59.7 Å². The van der Waals surface area contributed by atoms with Crippen LogP contribution >= 0.6 is 0 Å². The molecule has 0 spiro atoms. The third-order valence-corrected chi connectivity index (χ3v) is 4.90. The summed E-state index contributed by atoms with van der Waals surface area (Å²) in [4.78, 5) is 20.3. The molecule has 0 aliphatic carbocycles. The number of hydrogen-bond donors (Lipinski definition) is 0. The second kappa shape index (κ2) is 9.45. The molecule has 0 aromatic heterocycles. The van der Waals surface area contributed by atoms with Crippen molar-refractivity contribution in [1.29, 1.82) is 0 Å². The van der Waals surface area contributed by atoms with Gasteiger partial charge in [0.15, 0.2) is 17.6 Å². The molecule has 1 aliphatic heterocycles. The maximum Gasteiger partial charge on any atom is 0.225 e. The minimum absolute atomic E-state index is 0.0775. The smallest absolute Gasteiger partial charge is 0.225 e. The summed E-state index contributed by atoms with van der Waals surface area (Å²) in [6.45, 7) is 4.89. The molecule has 29 heavy (non-hydrogen) atoms. The van der Waals surface area contributed by atoms with E-state index < -0.39 is 0 Å². The standard InChI is InChI=1S/C23H28N2O4/c1-16(2)23(26)25(14-17-8-6-5-7-9-17)15-19-13-20(24-29-19)18-10-11-21(27-3)22(12-18)28-4/h5-12,16,19H,13-15H2,1-4H3/t19-/m1/s1. The number of benzene rings is 2. The minimum Gasteiger partial charge on any atom is -0.493 e. The highest BCUT2D eigenvalue weighted by Crippen LogP contribution is 2.29. The molecule has 1 aliphatic rings. The summed E-state index contributed by atoms with van der Waals surface area (Å²) >= 11 is 0. The van der Waals surface area contributed by atoms with Crippen LogP contribution in [0.2, 0.25) is 0 Å². The lowest BCUT2D eigenvalue weighted by Gasteiger charge is -2.26. The van der Waals surface area contributed by atoms with E-state index in [1.165, 1.54) is 0 Å². The number of hydrogen-bond acceptors (Lipinski definition) is 5. The summed E-state index contributed by atoms with van der Waals surface area (Å²) in [5.74, 6) is 1.35. The lowest BCUT2D eigenvalue weighted by molar-refractivity contribution is -0.136. The summed E-state index contributed by atoms with van der Waals surface area (Å²) in [6, 6.07) is 15.7. The minimum atomic E-state index is -0.176. The highest BCUT2D eigenvalue weighted by atomic mass is 16.6. The van der Waals surface area contributed by atoms with Crippen LogP contribution in [0.15, 0.2) is 53.7 Å². The Balaban J connectivity index is 1.69. The number of ether oxygens (including phenoxy) is 2. The van der Waals surface area contributed by atoms with Crippen molar-refractivity contribution in [2.45, 2.75) is 32.9 Å². The van der Waals surface area contributed by atoms with Gasteiger partial charge >= 0.3 is 0 Å². The molecule has 0 bridgehead atoms.